The third-order valence-electron chi connectivity index (χ3n) is 3.70. The first-order chi connectivity index (χ1) is 12.7. The number of fused-ring (bicyclic) bond motifs is 1. The highest BCUT2D eigenvalue weighted by Crippen LogP contribution is 2.31. The van der Waals surface area contributed by atoms with Crippen molar-refractivity contribution >= 4 is 34.2 Å². The van der Waals surface area contributed by atoms with Crippen molar-refractivity contribution in [1.29, 1.82) is 0 Å². The summed E-state index contributed by atoms with van der Waals surface area (Å²) in [6, 6.07) is 12.3. The van der Waals surface area contributed by atoms with Crippen molar-refractivity contribution in [2.75, 3.05) is 10.6 Å². The Bertz CT molecular complexity index is 994. The molecule has 27 heavy (non-hydrogen) atoms. The summed E-state index contributed by atoms with van der Waals surface area (Å²) in [5.74, 6) is -1.99. The molecule has 0 aliphatic carbocycles. The molecule has 0 atom stereocenters. The van der Waals surface area contributed by atoms with Crippen molar-refractivity contribution in [3.8, 4) is 0 Å². The molecule has 140 valence electrons. The van der Waals surface area contributed by atoms with Gasteiger partial charge in [-0.3, -0.25) is 9.59 Å². The van der Waals surface area contributed by atoms with E-state index < -0.39 is 24.5 Å². The lowest BCUT2D eigenvalue weighted by Crippen LogP contribution is -2.23. The van der Waals surface area contributed by atoms with Crippen LogP contribution in [0.15, 0.2) is 48.5 Å². The number of amides is 2. The first kappa shape index (κ1) is 18.4. The van der Waals surface area contributed by atoms with E-state index in [1.807, 2.05) is 0 Å². The smallest absolute Gasteiger partial charge is 0.326 e. The lowest BCUT2D eigenvalue weighted by molar-refractivity contribution is -0.147. The Morgan fingerprint density at radius 1 is 1.00 bits per heavy atom. The topological polar surface area (TPSA) is 76.0 Å². The largest absolute Gasteiger partial charge is 0.449 e. The van der Waals surface area contributed by atoms with E-state index in [0.29, 0.717) is 11.4 Å². The molecule has 6 nitrogen and oxygen atoms in total. The number of carbonyl (C=O) groups excluding carboxylic acids is 2. The summed E-state index contributed by atoms with van der Waals surface area (Å²) in [5.41, 5.74) is 1.32. The van der Waals surface area contributed by atoms with Crippen LogP contribution >= 0.6 is 0 Å². The van der Waals surface area contributed by atoms with Crippen molar-refractivity contribution < 1.29 is 22.8 Å². The summed E-state index contributed by atoms with van der Waals surface area (Å²) in [5, 5.41) is 5.11. The van der Waals surface area contributed by atoms with Crippen molar-refractivity contribution in [2.24, 2.45) is 0 Å². The monoisotopic (exact) mass is 376 g/mol. The van der Waals surface area contributed by atoms with E-state index in [2.05, 4.69) is 15.6 Å². The zero-order chi connectivity index (χ0) is 19.6. The molecular weight excluding hydrogens is 361 g/mol. The summed E-state index contributed by atoms with van der Waals surface area (Å²) in [6.45, 7) is 0.826. The number of para-hydroxylation sites is 2. The highest BCUT2D eigenvalue weighted by molar-refractivity contribution is 5.93. The number of alkyl halides is 3. The van der Waals surface area contributed by atoms with Gasteiger partial charge in [-0.1, -0.05) is 12.1 Å². The van der Waals surface area contributed by atoms with Crippen LogP contribution in [0.1, 0.15) is 12.7 Å². The molecule has 0 aliphatic rings. The van der Waals surface area contributed by atoms with E-state index in [0.717, 1.165) is 4.57 Å². The number of halogens is 3. The van der Waals surface area contributed by atoms with Crippen LogP contribution in [0.2, 0.25) is 0 Å². The van der Waals surface area contributed by atoms with Crippen molar-refractivity contribution in [3.05, 3.63) is 54.4 Å². The molecule has 2 amide bonds. The fourth-order valence-electron chi connectivity index (χ4n) is 2.64. The number of hydrogen-bond acceptors (Lipinski definition) is 3. The highest BCUT2D eigenvalue weighted by Gasteiger charge is 2.37. The van der Waals surface area contributed by atoms with E-state index in [1.54, 1.807) is 36.4 Å². The third-order valence-corrected chi connectivity index (χ3v) is 3.70. The fourth-order valence-corrected chi connectivity index (χ4v) is 2.64. The van der Waals surface area contributed by atoms with Gasteiger partial charge in [-0.2, -0.15) is 13.2 Å². The Labute approximate surface area is 152 Å². The van der Waals surface area contributed by atoms with Gasteiger partial charge in [0.25, 0.3) is 0 Å². The molecule has 0 spiro atoms. The maximum absolute atomic E-state index is 13.3. The summed E-state index contributed by atoms with van der Waals surface area (Å²) < 4.78 is 40.6. The van der Waals surface area contributed by atoms with Crippen LogP contribution in [0.25, 0.3) is 11.0 Å². The Morgan fingerprint density at radius 3 is 2.19 bits per heavy atom. The predicted octanol–water partition coefficient (Wildman–Crippen LogP) is 3.65. The molecule has 0 saturated heterocycles. The van der Waals surface area contributed by atoms with Gasteiger partial charge in [-0.15, -0.1) is 0 Å². The second-order valence-electron chi connectivity index (χ2n) is 5.81. The molecule has 1 heterocycles. The van der Waals surface area contributed by atoms with Gasteiger partial charge in [0.05, 0.1) is 11.0 Å². The summed E-state index contributed by atoms with van der Waals surface area (Å²) in [4.78, 5) is 26.9. The van der Waals surface area contributed by atoms with Crippen LogP contribution < -0.4 is 10.6 Å². The average Bonchev–Trinajstić information content (AvgIpc) is 2.95. The molecule has 2 aromatic carbocycles. The van der Waals surface area contributed by atoms with Gasteiger partial charge in [0.1, 0.15) is 6.54 Å². The van der Waals surface area contributed by atoms with Gasteiger partial charge in [0.2, 0.25) is 17.6 Å². The molecule has 0 saturated carbocycles. The minimum Gasteiger partial charge on any atom is -0.326 e. The molecular formula is C18H15F3N4O2. The van der Waals surface area contributed by atoms with Gasteiger partial charge in [0.15, 0.2) is 0 Å². The van der Waals surface area contributed by atoms with E-state index in [4.69, 9.17) is 0 Å². The number of carbonyl (C=O) groups is 2. The molecule has 0 radical (unpaired) electrons. The molecule has 3 rings (SSSR count). The second-order valence-corrected chi connectivity index (χ2v) is 5.81. The minimum atomic E-state index is -4.68. The minimum absolute atomic E-state index is 0.164. The molecule has 3 aromatic rings. The molecule has 9 heteroatoms. The molecule has 0 aliphatic heterocycles. The van der Waals surface area contributed by atoms with Crippen LogP contribution in [-0.2, 0) is 22.3 Å². The van der Waals surface area contributed by atoms with E-state index in [9.17, 15) is 22.8 Å². The number of anilines is 2. The van der Waals surface area contributed by atoms with Gasteiger partial charge in [0, 0.05) is 18.3 Å². The third kappa shape index (κ3) is 4.25. The lowest BCUT2D eigenvalue weighted by atomic mass is 10.2. The van der Waals surface area contributed by atoms with Gasteiger partial charge < -0.3 is 15.2 Å². The van der Waals surface area contributed by atoms with Gasteiger partial charge >= 0.3 is 6.18 Å². The fraction of sp³-hybridized carbons (Fsp3) is 0.167. The van der Waals surface area contributed by atoms with Crippen LogP contribution in [0.4, 0.5) is 24.5 Å². The summed E-state index contributed by atoms with van der Waals surface area (Å²) >= 11 is 0. The Hall–Kier alpha value is -3.36. The molecule has 0 unspecified atom stereocenters. The number of rotatable bonds is 4. The average molecular weight is 376 g/mol. The SMILES string of the molecule is CC(=O)Nc1ccc(NC(=O)Cn2c(C(F)(F)F)nc3ccccc32)cc1. The van der Waals surface area contributed by atoms with E-state index >= 15 is 0 Å². The van der Waals surface area contributed by atoms with Gasteiger partial charge in [-0.25, -0.2) is 4.98 Å². The summed E-state index contributed by atoms with van der Waals surface area (Å²) in [7, 11) is 0. The standard InChI is InChI=1S/C18H15F3N4O2/c1-11(26)22-12-6-8-13(9-7-12)23-16(27)10-25-15-5-3-2-4-14(15)24-17(25)18(19,20)21/h2-9H,10H2,1H3,(H,22,26)(H,23,27). The van der Waals surface area contributed by atoms with Crippen LogP contribution in [0, 0.1) is 0 Å². The number of benzene rings is 2. The molecule has 2 N–H and O–H groups in total. The van der Waals surface area contributed by atoms with Gasteiger partial charge in [-0.05, 0) is 36.4 Å². The molecule has 0 bridgehead atoms. The number of hydrogen-bond donors (Lipinski definition) is 2. The van der Waals surface area contributed by atoms with Crippen molar-refractivity contribution in [1.82, 2.24) is 9.55 Å². The zero-order valence-electron chi connectivity index (χ0n) is 14.2. The number of aromatic nitrogens is 2. The quantitative estimate of drug-likeness (QED) is 0.730. The first-order valence-electron chi connectivity index (χ1n) is 7.94. The van der Waals surface area contributed by atoms with Crippen LogP contribution in [0.5, 0.6) is 0 Å². The lowest BCUT2D eigenvalue weighted by Gasteiger charge is -2.12. The van der Waals surface area contributed by atoms with Crippen molar-refractivity contribution in [2.45, 2.75) is 19.6 Å². The predicted molar refractivity (Wildman–Crippen MR) is 94.1 cm³/mol. The first-order valence-corrected chi connectivity index (χ1v) is 7.94. The van der Waals surface area contributed by atoms with Crippen LogP contribution in [0.3, 0.4) is 0 Å². The maximum atomic E-state index is 13.3. The van der Waals surface area contributed by atoms with E-state index in [-0.39, 0.29) is 16.9 Å². The number of imidazole rings is 1. The summed E-state index contributed by atoms with van der Waals surface area (Å²) in [6.07, 6.45) is -4.68. The molecule has 0 fully saturated rings. The normalized spacial score (nSPS) is 11.4. The Balaban J connectivity index is 1.81. The zero-order valence-corrected chi connectivity index (χ0v) is 14.2. The van der Waals surface area contributed by atoms with E-state index in [1.165, 1.54) is 19.1 Å². The maximum Gasteiger partial charge on any atom is 0.449 e. The Morgan fingerprint density at radius 2 is 1.59 bits per heavy atom. The Kier molecular flexibility index (Phi) is 4.85. The number of nitrogens with zero attached hydrogens (tertiary/aromatic N) is 2. The van der Waals surface area contributed by atoms with Crippen LogP contribution in [-0.4, -0.2) is 21.4 Å². The second kappa shape index (κ2) is 7.10. The molecule has 1 aromatic heterocycles. The number of nitrogens with one attached hydrogen (secondary N) is 2. The highest BCUT2D eigenvalue weighted by atomic mass is 19.4. The van der Waals surface area contributed by atoms with Crippen molar-refractivity contribution in [3.63, 3.8) is 0 Å².